The highest BCUT2D eigenvalue weighted by Crippen LogP contribution is 2.26. The normalized spacial score (nSPS) is 11.7. The lowest BCUT2D eigenvalue weighted by Crippen LogP contribution is -2.29. The third kappa shape index (κ3) is 4.50. The standard InChI is InChI=1S/C23H19ClN6O2/c1-14-9-11-15(12-10-14)20(21(25)31)30-28-22(27-29-30)18-7-2-3-8-19(18)26-23(32)16-5-4-6-17(24)13-16/h2-13,20H,1H3,(H2,25,31)(H,26,32). The highest BCUT2D eigenvalue weighted by molar-refractivity contribution is 6.31. The second-order valence-electron chi connectivity index (χ2n) is 7.16. The number of halogens is 1. The summed E-state index contributed by atoms with van der Waals surface area (Å²) in [5.41, 5.74) is 8.77. The quantitative estimate of drug-likeness (QED) is 0.469. The summed E-state index contributed by atoms with van der Waals surface area (Å²) in [5, 5.41) is 15.8. The first kappa shape index (κ1) is 21.2. The molecule has 1 heterocycles. The average molecular weight is 447 g/mol. The number of primary amides is 1. The van der Waals surface area contributed by atoms with E-state index in [4.69, 9.17) is 17.3 Å². The smallest absolute Gasteiger partial charge is 0.255 e. The lowest BCUT2D eigenvalue weighted by atomic mass is 10.1. The number of nitrogens with one attached hydrogen (secondary N) is 1. The van der Waals surface area contributed by atoms with E-state index in [1.54, 1.807) is 60.7 Å². The first-order valence-corrected chi connectivity index (χ1v) is 10.1. The summed E-state index contributed by atoms with van der Waals surface area (Å²) in [6.07, 6.45) is 0. The minimum atomic E-state index is -0.912. The van der Waals surface area contributed by atoms with Crippen molar-refractivity contribution < 1.29 is 9.59 Å². The summed E-state index contributed by atoms with van der Waals surface area (Å²) in [7, 11) is 0. The van der Waals surface area contributed by atoms with Gasteiger partial charge in [0, 0.05) is 16.1 Å². The van der Waals surface area contributed by atoms with Gasteiger partial charge in [0.05, 0.1) is 5.69 Å². The van der Waals surface area contributed by atoms with E-state index in [2.05, 4.69) is 20.7 Å². The van der Waals surface area contributed by atoms with Crippen LogP contribution in [-0.4, -0.2) is 32.0 Å². The summed E-state index contributed by atoms with van der Waals surface area (Å²) in [5.74, 6) is -0.701. The summed E-state index contributed by atoms with van der Waals surface area (Å²) < 4.78 is 0. The molecular weight excluding hydrogens is 428 g/mol. The van der Waals surface area contributed by atoms with Crippen LogP contribution in [0.1, 0.15) is 27.5 Å². The molecule has 4 rings (SSSR count). The van der Waals surface area contributed by atoms with Gasteiger partial charge in [-0.1, -0.05) is 59.6 Å². The number of hydrogen-bond acceptors (Lipinski definition) is 5. The molecule has 0 bridgehead atoms. The van der Waals surface area contributed by atoms with Crippen LogP contribution in [0.3, 0.4) is 0 Å². The van der Waals surface area contributed by atoms with E-state index in [0.717, 1.165) is 5.56 Å². The van der Waals surface area contributed by atoms with Gasteiger partial charge >= 0.3 is 0 Å². The van der Waals surface area contributed by atoms with Crippen LogP contribution in [-0.2, 0) is 4.79 Å². The number of amides is 2. The Labute approximate surface area is 189 Å². The van der Waals surface area contributed by atoms with Gasteiger partial charge in [-0.3, -0.25) is 9.59 Å². The van der Waals surface area contributed by atoms with Crippen molar-refractivity contribution >= 4 is 29.1 Å². The zero-order valence-corrected chi connectivity index (χ0v) is 17.8. The van der Waals surface area contributed by atoms with Crippen LogP contribution in [0.2, 0.25) is 5.02 Å². The van der Waals surface area contributed by atoms with Crippen LogP contribution in [0.15, 0.2) is 72.8 Å². The molecule has 1 unspecified atom stereocenters. The molecule has 8 nitrogen and oxygen atoms in total. The van der Waals surface area contributed by atoms with Gasteiger partial charge in [0.2, 0.25) is 11.7 Å². The van der Waals surface area contributed by atoms with Crippen LogP contribution < -0.4 is 11.1 Å². The Hall–Kier alpha value is -4.04. The lowest BCUT2D eigenvalue weighted by Gasteiger charge is -2.12. The Morgan fingerprint density at radius 3 is 2.50 bits per heavy atom. The van der Waals surface area contributed by atoms with Crippen LogP contribution in [0.25, 0.3) is 11.4 Å². The Bertz CT molecular complexity index is 1290. The summed E-state index contributed by atoms with van der Waals surface area (Å²) in [6, 6.07) is 20.1. The molecule has 2 amide bonds. The second kappa shape index (κ2) is 8.99. The molecular formula is C23H19ClN6O2. The number of nitrogens with zero attached hydrogens (tertiary/aromatic N) is 4. The van der Waals surface area contributed by atoms with E-state index in [1.165, 1.54) is 4.80 Å². The van der Waals surface area contributed by atoms with Crippen molar-refractivity contribution in [3.63, 3.8) is 0 Å². The number of carbonyl (C=O) groups excluding carboxylic acids is 2. The van der Waals surface area contributed by atoms with E-state index in [1.807, 2.05) is 19.1 Å². The molecule has 0 aliphatic heterocycles. The molecule has 4 aromatic rings. The van der Waals surface area contributed by atoms with Crippen molar-refractivity contribution in [2.75, 3.05) is 5.32 Å². The third-order valence-corrected chi connectivity index (χ3v) is 5.06. The van der Waals surface area contributed by atoms with Gasteiger partial charge in [-0.15, -0.1) is 15.0 Å². The zero-order chi connectivity index (χ0) is 22.7. The first-order valence-electron chi connectivity index (χ1n) is 9.74. The molecule has 0 saturated carbocycles. The van der Waals surface area contributed by atoms with Crippen LogP contribution in [0.5, 0.6) is 0 Å². The van der Waals surface area contributed by atoms with E-state index in [-0.39, 0.29) is 11.7 Å². The van der Waals surface area contributed by atoms with E-state index < -0.39 is 11.9 Å². The maximum Gasteiger partial charge on any atom is 0.255 e. The zero-order valence-electron chi connectivity index (χ0n) is 17.1. The highest BCUT2D eigenvalue weighted by Gasteiger charge is 2.24. The molecule has 0 aliphatic carbocycles. The molecule has 160 valence electrons. The van der Waals surface area contributed by atoms with Crippen LogP contribution in [0.4, 0.5) is 5.69 Å². The summed E-state index contributed by atoms with van der Waals surface area (Å²) in [4.78, 5) is 26.0. The van der Waals surface area contributed by atoms with Gasteiger partial charge < -0.3 is 11.1 Å². The molecule has 9 heteroatoms. The highest BCUT2D eigenvalue weighted by atomic mass is 35.5. The second-order valence-corrected chi connectivity index (χ2v) is 7.60. The van der Waals surface area contributed by atoms with E-state index in [9.17, 15) is 9.59 Å². The third-order valence-electron chi connectivity index (χ3n) is 4.82. The van der Waals surface area contributed by atoms with E-state index in [0.29, 0.717) is 27.4 Å². The number of anilines is 1. The Morgan fingerprint density at radius 1 is 1.03 bits per heavy atom. The number of benzene rings is 3. The average Bonchev–Trinajstić information content (AvgIpc) is 3.25. The van der Waals surface area contributed by atoms with Gasteiger partial charge in [-0.25, -0.2) is 0 Å². The fraction of sp³-hybridized carbons (Fsp3) is 0.0870. The number of aryl methyl sites for hydroxylation is 1. The minimum Gasteiger partial charge on any atom is -0.367 e. The van der Waals surface area contributed by atoms with Crippen molar-refractivity contribution in [3.05, 3.63) is 94.5 Å². The molecule has 32 heavy (non-hydrogen) atoms. The topological polar surface area (TPSA) is 116 Å². The van der Waals surface area contributed by atoms with Gasteiger partial charge in [-0.05, 0) is 48.0 Å². The molecule has 1 atom stereocenters. The number of tetrazole rings is 1. The van der Waals surface area contributed by atoms with Gasteiger partial charge in [-0.2, -0.15) is 0 Å². The Kier molecular flexibility index (Phi) is 5.96. The van der Waals surface area contributed by atoms with Crippen LogP contribution >= 0.6 is 11.6 Å². The predicted molar refractivity (Wildman–Crippen MR) is 121 cm³/mol. The van der Waals surface area contributed by atoms with E-state index >= 15 is 0 Å². The molecule has 0 aliphatic rings. The molecule has 1 aromatic heterocycles. The Balaban J connectivity index is 1.65. The molecule has 0 saturated heterocycles. The fourth-order valence-electron chi connectivity index (χ4n) is 3.21. The fourth-order valence-corrected chi connectivity index (χ4v) is 3.40. The maximum absolute atomic E-state index is 12.7. The van der Waals surface area contributed by atoms with Crippen molar-refractivity contribution in [3.8, 4) is 11.4 Å². The largest absolute Gasteiger partial charge is 0.367 e. The molecule has 3 aromatic carbocycles. The SMILES string of the molecule is Cc1ccc(C(C(N)=O)n2nnc(-c3ccccc3NC(=O)c3cccc(Cl)c3)n2)cc1. The lowest BCUT2D eigenvalue weighted by molar-refractivity contribution is -0.120. The number of hydrogen-bond donors (Lipinski definition) is 2. The number of para-hydroxylation sites is 1. The molecule has 0 fully saturated rings. The molecule has 0 spiro atoms. The maximum atomic E-state index is 12.7. The van der Waals surface area contributed by atoms with Crippen LogP contribution in [0, 0.1) is 6.92 Å². The number of carbonyl (C=O) groups is 2. The minimum absolute atomic E-state index is 0.241. The summed E-state index contributed by atoms with van der Waals surface area (Å²) >= 11 is 5.99. The predicted octanol–water partition coefficient (Wildman–Crippen LogP) is 3.63. The van der Waals surface area contributed by atoms with Crippen molar-refractivity contribution in [1.82, 2.24) is 20.2 Å². The molecule has 3 N–H and O–H groups in total. The van der Waals surface area contributed by atoms with Crippen molar-refractivity contribution in [2.45, 2.75) is 13.0 Å². The first-order chi connectivity index (χ1) is 15.4. The van der Waals surface area contributed by atoms with Crippen molar-refractivity contribution in [2.24, 2.45) is 5.73 Å². The van der Waals surface area contributed by atoms with Gasteiger partial charge in [0.25, 0.3) is 5.91 Å². The number of rotatable bonds is 6. The molecule has 0 radical (unpaired) electrons. The monoisotopic (exact) mass is 446 g/mol. The number of aromatic nitrogens is 4. The summed E-state index contributed by atoms with van der Waals surface area (Å²) in [6.45, 7) is 1.95. The van der Waals surface area contributed by atoms with Crippen molar-refractivity contribution in [1.29, 1.82) is 0 Å². The van der Waals surface area contributed by atoms with Gasteiger partial charge in [0.1, 0.15) is 0 Å². The Morgan fingerprint density at radius 2 is 1.78 bits per heavy atom. The van der Waals surface area contributed by atoms with Gasteiger partial charge in [0.15, 0.2) is 6.04 Å². The number of nitrogens with two attached hydrogens (primary N) is 1.